The third-order valence-electron chi connectivity index (χ3n) is 3.59. The van der Waals surface area contributed by atoms with E-state index in [-0.39, 0.29) is 0 Å². The van der Waals surface area contributed by atoms with Crippen molar-refractivity contribution in [1.82, 2.24) is 4.90 Å². The minimum atomic E-state index is 0.646. The molecular formula is C15H24BrNO2. The monoisotopic (exact) mass is 329 g/mol. The maximum Gasteiger partial charge on any atom is 0.125 e. The Morgan fingerprint density at radius 3 is 2.21 bits per heavy atom. The Bertz CT molecular complexity index is 447. The van der Waals surface area contributed by atoms with Gasteiger partial charge in [-0.15, -0.1) is 0 Å². The van der Waals surface area contributed by atoms with Crippen LogP contribution in [0.2, 0.25) is 0 Å². The Hall–Kier alpha value is -0.580. The summed E-state index contributed by atoms with van der Waals surface area (Å²) in [5, 5.41) is 0. The van der Waals surface area contributed by atoms with Gasteiger partial charge in [-0.3, -0.25) is 4.90 Å². The molecule has 0 spiro atoms. The molecule has 108 valence electrons. The van der Waals surface area contributed by atoms with Gasteiger partial charge in [-0.25, -0.2) is 0 Å². The zero-order valence-electron chi connectivity index (χ0n) is 12.8. The highest BCUT2D eigenvalue weighted by Crippen LogP contribution is 2.36. The molecule has 0 unspecified atom stereocenters. The second-order valence-corrected chi connectivity index (χ2v) is 5.74. The predicted octanol–water partition coefficient (Wildman–Crippen LogP) is 3.46. The molecule has 1 rings (SSSR count). The van der Waals surface area contributed by atoms with Gasteiger partial charge in [0, 0.05) is 18.1 Å². The number of hydrogen-bond donors (Lipinski definition) is 0. The highest BCUT2D eigenvalue weighted by Gasteiger charge is 2.16. The largest absolute Gasteiger partial charge is 0.496 e. The summed E-state index contributed by atoms with van der Waals surface area (Å²) < 4.78 is 11.9. The molecular weight excluding hydrogens is 306 g/mol. The molecule has 19 heavy (non-hydrogen) atoms. The topological polar surface area (TPSA) is 21.7 Å². The molecule has 0 aromatic heterocycles. The average Bonchev–Trinajstić information content (AvgIpc) is 2.39. The fourth-order valence-corrected chi connectivity index (χ4v) is 2.85. The van der Waals surface area contributed by atoms with Gasteiger partial charge in [-0.1, -0.05) is 15.9 Å². The van der Waals surface area contributed by atoms with Crippen LogP contribution in [-0.2, 0) is 11.2 Å². The zero-order chi connectivity index (χ0) is 14.6. The van der Waals surface area contributed by atoms with Crippen molar-refractivity contribution in [3.05, 3.63) is 26.7 Å². The lowest BCUT2D eigenvalue weighted by Gasteiger charge is -2.21. The van der Waals surface area contributed by atoms with Gasteiger partial charge in [0.2, 0.25) is 0 Å². The van der Waals surface area contributed by atoms with E-state index in [9.17, 15) is 0 Å². The van der Waals surface area contributed by atoms with Gasteiger partial charge in [0.05, 0.1) is 13.8 Å². The first-order valence-corrected chi connectivity index (χ1v) is 7.22. The van der Waals surface area contributed by atoms with Crippen molar-refractivity contribution in [2.75, 3.05) is 34.5 Å². The SMILES string of the molecule is COCN(C)CCc1c(C)c(Br)c(C)c(C)c1OC. The lowest BCUT2D eigenvalue weighted by atomic mass is 9.97. The smallest absolute Gasteiger partial charge is 0.125 e. The first kappa shape index (κ1) is 16.5. The van der Waals surface area contributed by atoms with Crippen LogP contribution in [0, 0.1) is 20.8 Å². The molecule has 0 amide bonds. The van der Waals surface area contributed by atoms with Crippen LogP contribution in [-0.4, -0.2) is 39.4 Å². The average molecular weight is 330 g/mol. The van der Waals surface area contributed by atoms with E-state index in [1.54, 1.807) is 14.2 Å². The summed E-state index contributed by atoms with van der Waals surface area (Å²) in [6.07, 6.45) is 0.953. The van der Waals surface area contributed by atoms with E-state index >= 15 is 0 Å². The lowest BCUT2D eigenvalue weighted by molar-refractivity contribution is 0.0826. The molecule has 0 N–H and O–H groups in total. The molecule has 0 aliphatic heterocycles. The fraction of sp³-hybridized carbons (Fsp3) is 0.600. The first-order chi connectivity index (χ1) is 8.93. The van der Waals surface area contributed by atoms with Crippen LogP contribution in [0.3, 0.4) is 0 Å². The third-order valence-corrected chi connectivity index (χ3v) is 4.77. The predicted molar refractivity (Wildman–Crippen MR) is 83.1 cm³/mol. The third kappa shape index (κ3) is 3.71. The van der Waals surface area contributed by atoms with E-state index in [1.807, 2.05) is 0 Å². The molecule has 0 atom stereocenters. The lowest BCUT2D eigenvalue weighted by Crippen LogP contribution is -2.24. The molecule has 0 saturated carbocycles. The molecule has 0 fully saturated rings. The van der Waals surface area contributed by atoms with Gasteiger partial charge in [0.25, 0.3) is 0 Å². The number of nitrogens with zero attached hydrogens (tertiary/aromatic N) is 1. The van der Waals surface area contributed by atoms with Gasteiger partial charge in [0.1, 0.15) is 5.75 Å². The highest BCUT2D eigenvalue weighted by atomic mass is 79.9. The van der Waals surface area contributed by atoms with Crippen molar-refractivity contribution >= 4 is 15.9 Å². The molecule has 0 heterocycles. The molecule has 3 nitrogen and oxygen atoms in total. The van der Waals surface area contributed by atoms with Crippen molar-refractivity contribution < 1.29 is 9.47 Å². The van der Waals surface area contributed by atoms with Crippen LogP contribution >= 0.6 is 15.9 Å². The highest BCUT2D eigenvalue weighted by molar-refractivity contribution is 9.10. The second kappa shape index (κ2) is 7.27. The van der Waals surface area contributed by atoms with E-state index in [0.29, 0.717) is 6.73 Å². The van der Waals surface area contributed by atoms with Crippen molar-refractivity contribution in [1.29, 1.82) is 0 Å². The molecule has 0 bridgehead atoms. The van der Waals surface area contributed by atoms with E-state index in [0.717, 1.165) is 18.7 Å². The van der Waals surface area contributed by atoms with Crippen LogP contribution in [0.4, 0.5) is 0 Å². The number of methoxy groups -OCH3 is 2. The summed E-state index contributed by atoms with van der Waals surface area (Å²) in [6.45, 7) is 7.97. The van der Waals surface area contributed by atoms with Crippen LogP contribution in [0.5, 0.6) is 5.75 Å². The number of ether oxygens (including phenoxy) is 2. The first-order valence-electron chi connectivity index (χ1n) is 6.43. The number of benzene rings is 1. The molecule has 0 saturated heterocycles. The molecule has 0 radical (unpaired) electrons. The molecule has 0 aliphatic rings. The Labute approximate surface area is 125 Å². The van der Waals surface area contributed by atoms with Crippen molar-refractivity contribution in [2.45, 2.75) is 27.2 Å². The van der Waals surface area contributed by atoms with Crippen LogP contribution in [0.25, 0.3) is 0 Å². The molecule has 1 aromatic rings. The van der Waals surface area contributed by atoms with Gasteiger partial charge in [0.15, 0.2) is 0 Å². The molecule has 0 aliphatic carbocycles. The van der Waals surface area contributed by atoms with Crippen LogP contribution in [0.15, 0.2) is 4.47 Å². The minimum Gasteiger partial charge on any atom is -0.496 e. The van der Waals surface area contributed by atoms with Crippen LogP contribution in [0.1, 0.15) is 22.3 Å². The van der Waals surface area contributed by atoms with Gasteiger partial charge >= 0.3 is 0 Å². The number of rotatable bonds is 6. The number of likely N-dealkylation sites (N-methyl/N-ethyl adjacent to an activating group) is 1. The Kier molecular flexibility index (Phi) is 6.30. The molecule has 4 heteroatoms. The Morgan fingerprint density at radius 1 is 1.05 bits per heavy atom. The zero-order valence-corrected chi connectivity index (χ0v) is 14.3. The normalized spacial score (nSPS) is 11.2. The summed E-state index contributed by atoms with van der Waals surface area (Å²) in [6, 6.07) is 0. The van der Waals surface area contributed by atoms with E-state index in [4.69, 9.17) is 9.47 Å². The number of halogens is 1. The quantitative estimate of drug-likeness (QED) is 0.746. The maximum atomic E-state index is 5.61. The number of hydrogen-bond acceptors (Lipinski definition) is 3. The van der Waals surface area contributed by atoms with Crippen molar-refractivity contribution in [2.24, 2.45) is 0 Å². The summed E-state index contributed by atoms with van der Waals surface area (Å²) in [4.78, 5) is 2.15. The summed E-state index contributed by atoms with van der Waals surface area (Å²) in [5.74, 6) is 1.02. The Balaban J connectivity index is 3.05. The van der Waals surface area contributed by atoms with Crippen LogP contribution < -0.4 is 4.74 Å². The van der Waals surface area contributed by atoms with Gasteiger partial charge in [-0.05, 0) is 56.5 Å². The van der Waals surface area contributed by atoms with Gasteiger partial charge in [-0.2, -0.15) is 0 Å². The minimum absolute atomic E-state index is 0.646. The maximum absolute atomic E-state index is 5.61. The van der Waals surface area contributed by atoms with Crippen molar-refractivity contribution in [3.8, 4) is 5.75 Å². The standard InChI is InChI=1S/C15H24BrNO2/c1-10-11(2)15(19-6)13(12(3)14(10)16)7-8-17(4)9-18-5/h7-9H2,1-6H3. The van der Waals surface area contributed by atoms with Gasteiger partial charge < -0.3 is 9.47 Å². The summed E-state index contributed by atoms with van der Waals surface area (Å²) in [5.41, 5.74) is 5.01. The summed E-state index contributed by atoms with van der Waals surface area (Å²) >= 11 is 3.69. The summed E-state index contributed by atoms with van der Waals surface area (Å²) in [7, 11) is 5.52. The molecule has 1 aromatic carbocycles. The second-order valence-electron chi connectivity index (χ2n) is 4.95. The van der Waals surface area contributed by atoms with Crippen molar-refractivity contribution in [3.63, 3.8) is 0 Å². The van der Waals surface area contributed by atoms with E-state index in [2.05, 4.69) is 48.6 Å². The Morgan fingerprint density at radius 2 is 1.68 bits per heavy atom. The van der Waals surface area contributed by atoms with E-state index in [1.165, 1.54) is 26.7 Å². The fourth-order valence-electron chi connectivity index (χ4n) is 2.31. The van der Waals surface area contributed by atoms with E-state index < -0.39 is 0 Å².